The average molecular weight is 323 g/mol. The molecule has 0 saturated heterocycles. The van der Waals surface area contributed by atoms with Crippen molar-refractivity contribution in [1.29, 1.82) is 0 Å². The summed E-state index contributed by atoms with van der Waals surface area (Å²) in [5.41, 5.74) is 2.46. The minimum atomic E-state index is -0.338. The minimum absolute atomic E-state index is 0.117. The summed E-state index contributed by atoms with van der Waals surface area (Å²) >= 11 is 0. The molecule has 0 aliphatic carbocycles. The molecule has 0 radical (unpaired) electrons. The van der Waals surface area contributed by atoms with Gasteiger partial charge >= 0.3 is 5.97 Å². The predicted molar refractivity (Wildman–Crippen MR) is 95.3 cm³/mol. The number of rotatable bonds is 3. The zero-order chi connectivity index (χ0) is 17.3. The number of ether oxygens (including phenoxy) is 1. The molecule has 124 valence electrons. The fourth-order valence-electron chi connectivity index (χ4n) is 2.54. The third-order valence-electron chi connectivity index (χ3n) is 3.39. The third kappa shape index (κ3) is 3.40. The van der Waals surface area contributed by atoms with Gasteiger partial charge in [-0.3, -0.25) is 9.20 Å². The summed E-state index contributed by atoms with van der Waals surface area (Å²) < 4.78 is 7.22. The molecule has 5 heteroatoms. The van der Waals surface area contributed by atoms with Crippen LogP contribution in [0.4, 0.5) is 5.82 Å². The Balaban J connectivity index is 2.15. The maximum absolute atomic E-state index is 11.2. The maximum atomic E-state index is 11.2. The molecular weight excluding hydrogens is 302 g/mol. The Morgan fingerprint density at radius 3 is 2.67 bits per heavy atom. The van der Waals surface area contributed by atoms with Gasteiger partial charge in [0.15, 0.2) is 0 Å². The molecule has 0 spiro atoms. The number of nitrogens with zero attached hydrogens (tertiary/aromatic N) is 2. The van der Waals surface area contributed by atoms with Gasteiger partial charge < -0.3 is 10.1 Å². The summed E-state index contributed by atoms with van der Waals surface area (Å²) in [7, 11) is 0. The van der Waals surface area contributed by atoms with Gasteiger partial charge in [0.1, 0.15) is 22.9 Å². The van der Waals surface area contributed by atoms with Crippen LogP contribution in [-0.4, -0.2) is 20.9 Å². The highest BCUT2D eigenvalue weighted by atomic mass is 16.5. The van der Waals surface area contributed by atoms with E-state index in [1.807, 2.05) is 47.0 Å². The van der Waals surface area contributed by atoms with Crippen LogP contribution in [0, 0.1) is 0 Å². The Morgan fingerprint density at radius 1 is 1.17 bits per heavy atom. The van der Waals surface area contributed by atoms with E-state index in [0.717, 1.165) is 22.7 Å². The Hall–Kier alpha value is -2.82. The van der Waals surface area contributed by atoms with E-state index in [-0.39, 0.29) is 11.5 Å². The number of pyridine rings is 1. The highest BCUT2D eigenvalue weighted by Gasteiger charge is 2.19. The van der Waals surface area contributed by atoms with Gasteiger partial charge in [0.25, 0.3) is 0 Å². The third-order valence-corrected chi connectivity index (χ3v) is 3.39. The van der Waals surface area contributed by atoms with Crippen molar-refractivity contribution in [2.24, 2.45) is 0 Å². The number of carbonyl (C=O) groups excluding carboxylic acids is 1. The van der Waals surface area contributed by atoms with Gasteiger partial charge in [0.2, 0.25) is 0 Å². The van der Waals surface area contributed by atoms with Crippen molar-refractivity contribution >= 4 is 17.4 Å². The van der Waals surface area contributed by atoms with E-state index in [1.54, 1.807) is 6.07 Å². The maximum Gasteiger partial charge on any atom is 0.308 e. The molecule has 2 heterocycles. The van der Waals surface area contributed by atoms with Crippen LogP contribution in [0.15, 0.2) is 48.7 Å². The van der Waals surface area contributed by atoms with Crippen LogP contribution < -0.4 is 10.1 Å². The quantitative estimate of drug-likeness (QED) is 0.581. The topological polar surface area (TPSA) is 55.6 Å². The monoisotopic (exact) mass is 323 g/mol. The Labute approximate surface area is 141 Å². The lowest BCUT2D eigenvalue weighted by Crippen LogP contribution is -2.27. The summed E-state index contributed by atoms with van der Waals surface area (Å²) in [6.45, 7) is 7.71. The average Bonchev–Trinajstić information content (AvgIpc) is 2.84. The van der Waals surface area contributed by atoms with Crippen molar-refractivity contribution in [2.75, 3.05) is 5.32 Å². The number of hydrogen-bond acceptors (Lipinski definition) is 4. The molecule has 1 aromatic carbocycles. The van der Waals surface area contributed by atoms with E-state index < -0.39 is 0 Å². The summed E-state index contributed by atoms with van der Waals surface area (Å²) in [6.07, 6.45) is 1.98. The molecule has 3 rings (SSSR count). The molecule has 2 aromatic heterocycles. The van der Waals surface area contributed by atoms with E-state index in [4.69, 9.17) is 9.72 Å². The van der Waals surface area contributed by atoms with Crippen LogP contribution in [0.25, 0.3) is 16.9 Å². The molecule has 0 aliphatic heterocycles. The molecule has 0 amide bonds. The number of imidazole rings is 1. The first-order valence-corrected chi connectivity index (χ1v) is 7.88. The van der Waals surface area contributed by atoms with E-state index in [2.05, 4.69) is 26.1 Å². The number of benzene rings is 1. The van der Waals surface area contributed by atoms with Crippen molar-refractivity contribution < 1.29 is 9.53 Å². The lowest BCUT2D eigenvalue weighted by atomic mass is 10.1. The highest BCUT2D eigenvalue weighted by molar-refractivity contribution is 5.78. The summed E-state index contributed by atoms with van der Waals surface area (Å²) in [5.74, 6) is 1.09. The molecule has 0 unspecified atom stereocenters. The standard InChI is InChI=1S/C19H21N3O2/c1-13(23)24-15-9-7-8-14(12-15)17-18(21-19(2,3)4)22-11-6-5-10-16(22)20-17/h5-12,21H,1-4H3. The van der Waals surface area contributed by atoms with Crippen molar-refractivity contribution in [2.45, 2.75) is 33.2 Å². The number of hydrogen-bond donors (Lipinski definition) is 1. The summed E-state index contributed by atoms with van der Waals surface area (Å²) in [4.78, 5) is 15.9. The molecule has 5 nitrogen and oxygen atoms in total. The van der Waals surface area contributed by atoms with Gasteiger partial charge in [-0.15, -0.1) is 0 Å². The predicted octanol–water partition coefficient (Wildman–Crippen LogP) is 4.14. The zero-order valence-corrected chi connectivity index (χ0v) is 14.3. The van der Waals surface area contributed by atoms with Crippen molar-refractivity contribution in [1.82, 2.24) is 9.38 Å². The molecule has 0 fully saturated rings. The van der Waals surface area contributed by atoms with Gasteiger partial charge in [-0.2, -0.15) is 0 Å². The number of fused-ring (bicyclic) bond motifs is 1. The number of anilines is 1. The Bertz CT molecular complexity index is 891. The Morgan fingerprint density at radius 2 is 1.96 bits per heavy atom. The molecule has 0 saturated carbocycles. The van der Waals surface area contributed by atoms with Crippen LogP contribution in [0.2, 0.25) is 0 Å². The van der Waals surface area contributed by atoms with Gasteiger partial charge in [0, 0.05) is 24.2 Å². The molecule has 1 N–H and O–H groups in total. The second kappa shape index (κ2) is 6.00. The van der Waals surface area contributed by atoms with Gasteiger partial charge in [-0.25, -0.2) is 4.98 Å². The van der Waals surface area contributed by atoms with Crippen molar-refractivity contribution in [3.05, 3.63) is 48.7 Å². The number of esters is 1. The van der Waals surface area contributed by atoms with Gasteiger partial charge in [0.05, 0.1) is 0 Å². The lowest BCUT2D eigenvalue weighted by Gasteiger charge is -2.22. The van der Waals surface area contributed by atoms with Crippen LogP contribution in [0.1, 0.15) is 27.7 Å². The second-order valence-electron chi connectivity index (χ2n) is 6.73. The van der Waals surface area contributed by atoms with Crippen LogP contribution in [0.3, 0.4) is 0 Å². The van der Waals surface area contributed by atoms with Crippen LogP contribution in [0.5, 0.6) is 5.75 Å². The first-order valence-electron chi connectivity index (χ1n) is 7.88. The second-order valence-corrected chi connectivity index (χ2v) is 6.73. The zero-order valence-electron chi connectivity index (χ0n) is 14.3. The van der Waals surface area contributed by atoms with Crippen LogP contribution >= 0.6 is 0 Å². The van der Waals surface area contributed by atoms with Crippen molar-refractivity contribution in [3.63, 3.8) is 0 Å². The number of aromatic nitrogens is 2. The molecule has 0 atom stereocenters. The molecular formula is C19H21N3O2. The van der Waals surface area contributed by atoms with Crippen molar-refractivity contribution in [3.8, 4) is 17.0 Å². The first-order chi connectivity index (χ1) is 11.3. The van der Waals surface area contributed by atoms with Gasteiger partial charge in [-0.1, -0.05) is 18.2 Å². The smallest absolute Gasteiger partial charge is 0.308 e. The van der Waals surface area contributed by atoms with E-state index in [0.29, 0.717) is 5.75 Å². The molecule has 0 bridgehead atoms. The normalized spacial score (nSPS) is 11.5. The lowest BCUT2D eigenvalue weighted by molar-refractivity contribution is -0.131. The number of carbonyl (C=O) groups is 1. The summed E-state index contributed by atoms with van der Waals surface area (Å²) in [6, 6.07) is 13.3. The molecule has 24 heavy (non-hydrogen) atoms. The largest absolute Gasteiger partial charge is 0.427 e. The molecule has 0 aliphatic rings. The van der Waals surface area contributed by atoms with Crippen LogP contribution in [-0.2, 0) is 4.79 Å². The van der Waals surface area contributed by atoms with E-state index in [1.165, 1.54) is 6.92 Å². The summed E-state index contributed by atoms with van der Waals surface area (Å²) in [5, 5.41) is 3.52. The van der Waals surface area contributed by atoms with E-state index in [9.17, 15) is 4.79 Å². The minimum Gasteiger partial charge on any atom is -0.427 e. The molecule has 3 aromatic rings. The van der Waals surface area contributed by atoms with Gasteiger partial charge in [-0.05, 0) is 45.0 Å². The first kappa shape index (κ1) is 16.1. The highest BCUT2D eigenvalue weighted by Crippen LogP contribution is 2.32. The number of nitrogens with one attached hydrogen (secondary N) is 1. The Kier molecular flexibility index (Phi) is 4.01. The fraction of sp³-hybridized carbons (Fsp3) is 0.263. The fourth-order valence-corrected chi connectivity index (χ4v) is 2.54. The van der Waals surface area contributed by atoms with E-state index >= 15 is 0 Å². The SMILES string of the molecule is CC(=O)Oc1cccc(-c2nc3ccccn3c2NC(C)(C)C)c1.